The largest absolute Gasteiger partial charge is 0.494 e. The molecule has 8 heteroatoms. The van der Waals surface area contributed by atoms with Crippen molar-refractivity contribution >= 4 is 17.6 Å². The second kappa shape index (κ2) is 8.98. The average Bonchev–Trinajstić information content (AvgIpc) is 2.72. The van der Waals surface area contributed by atoms with Crippen molar-refractivity contribution in [3.05, 3.63) is 42.0 Å². The summed E-state index contributed by atoms with van der Waals surface area (Å²) in [4.78, 5) is 24.3. The number of esters is 1. The van der Waals surface area contributed by atoms with Gasteiger partial charge in [0.1, 0.15) is 19.0 Å². The minimum Gasteiger partial charge on any atom is -0.494 e. The van der Waals surface area contributed by atoms with E-state index in [4.69, 9.17) is 23.7 Å². The Morgan fingerprint density at radius 3 is 2.57 bits per heavy atom. The molecule has 148 valence electrons. The molecule has 8 nitrogen and oxygen atoms in total. The summed E-state index contributed by atoms with van der Waals surface area (Å²) in [7, 11) is 1.47. The van der Waals surface area contributed by atoms with E-state index in [1.165, 1.54) is 19.2 Å². The van der Waals surface area contributed by atoms with Crippen molar-refractivity contribution in [2.75, 3.05) is 38.9 Å². The van der Waals surface area contributed by atoms with Gasteiger partial charge in [0.25, 0.3) is 5.91 Å². The Morgan fingerprint density at radius 2 is 1.86 bits per heavy atom. The number of rotatable bonds is 7. The first-order valence-electron chi connectivity index (χ1n) is 8.78. The predicted octanol–water partition coefficient (Wildman–Crippen LogP) is 2.66. The van der Waals surface area contributed by atoms with E-state index in [0.29, 0.717) is 48.5 Å². The third kappa shape index (κ3) is 4.64. The Balaban J connectivity index is 1.58. The van der Waals surface area contributed by atoms with E-state index >= 15 is 0 Å². The van der Waals surface area contributed by atoms with Gasteiger partial charge < -0.3 is 29.0 Å². The fourth-order valence-electron chi connectivity index (χ4n) is 2.60. The van der Waals surface area contributed by atoms with Gasteiger partial charge in [-0.15, -0.1) is 0 Å². The summed E-state index contributed by atoms with van der Waals surface area (Å²) in [6, 6.07) is 9.88. The van der Waals surface area contributed by atoms with Crippen LogP contribution in [0.25, 0.3) is 0 Å². The van der Waals surface area contributed by atoms with Crippen LogP contribution >= 0.6 is 0 Å². The lowest BCUT2D eigenvalue weighted by molar-refractivity contribution is -0.119. The van der Waals surface area contributed by atoms with Crippen molar-refractivity contribution < 1.29 is 33.3 Å². The highest BCUT2D eigenvalue weighted by molar-refractivity contribution is 5.96. The standard InChI is InChI=1S/C20H21NO7/c1-3-25-15-6-4-14(5-7-15)21-18(22)12-28-20(23)13-10-16(24-2)19-17(11-13)26-8-9-27-19/h4-7,10-11H,3,8-9,12H2,1-2H3,(H,21,22). The maximum absolute atomic E-state index is 12.3. The van der Waals surface area contributed by atoms with Crippen molar-refractivity contribution in [3.63, 3.8) is 0 Å². The van der Waals surface area contributed by atoms with Gasteiger partial charge in [-0.05, 0) is 43.3 Å². The van der Waals surface area contributed by atoms with Gasteiger partial charge in [-0.1, -0.05) is 0 Å². The summed E-state index contributed by atoms with van der Waals surface area (Å²) in [5, 5.41) is 2.65. The SMILES string of the molecule is CCOc1ccc(NC(=O)COC(=O)c2cc(OC)c3c(c2)OCCO3)cc1. The van der Waals surface area contributed by atoms with Gasteiger partial charge in [0.15, 0.2) is 18.1 Å². The fourth-order valence-corrected chi connectivity index (χ4v) is 2.60. The third-order valence-electron chi connectivity index (χ3n) is 3.85. The van der Waals surface area contributed by atoms with E-state index in [9.17, 15) is 9.59 Å². The Morgan fingerprint density at radius 1 is 1.11 bits per heavy atom. The molecular weight excluding hydrogens is 366 g/mol. The Bertz CT molecular complexity index is 831. The van der Waals surface area contributed by atoms with E-state index in [-0.39, 0.29) is 5.56 Å². The molecule has 0 unspecified atom stereocenters. The van der Waals surface area contributed by atoms with Crippen LogP contribution in [0.3, 0.4) is 0 Å². The zero-order chi connectivity index (χ0) is 19.9. The van der Waals surface area contributed by atoms with Crippen molar-refractivity contribution in [2.45, 2.75) is 6.92 Å². The molecule has 3 rings (SSSR count). The molecule has 1 heterocycles. The first-order valence-corrected chi connectivity index (χ1v) is 8.78. The molecule has 0 atom stereocenters. The zero-order valence-electron chi connectivity index (χ0n) is 15.7. The van der Waals surface area contributed by atoms with Crippen LogP contribution in [-0.4, -0.2) is 45.4 Å². The van der Waals surface area contributed by atoms with Crippen LogP contribution in [0.2, 0.25) is 0 Å². The van der Waals surface area contributed by atoms with E-state index in [1.807, 2.05) is 6.92 Å². The summed E-state index contributed by atoms with van der Waals surface area (Å²) in [5.74, 6) is 0.788. The maximum atomic E-state index is 12.3. The molecule has 0 aliphatic carbocycles. The maximum Gasteiger partial charge on any atom is 0.338 e. The number of ether oxygens (including phenoxy) is 5. The quantitative estimate of drug-likeness (QED) is 0.730. The van der Waals surface area contributed by atoms with Gasteiger partial charge >= 0.3 is 5.97 Å². The van der Waals surface area contributed by atoms with Gasteiger partial charge in [-0.25, -0.2) is 4.79 Å². The molecule has 1 aliphatic heterocycles. The van der Waals surface area contributed by atoms with E-state index < -0.39 is 18.5 Å². The Kier molecular flexibility index (Phi) is 6.21. The number of carbonyl (C=O) groups excluding carboxylic acids is 2. The molecule has 1 amide bonds. The van der Waals surface area contributed by atoms with Gasteiger partial charge in [0.05, 0.1) is 19.3 Å². The molecule has 0 aromatic heterocycles. The van der Waals surface area contributed by atoms with Gasteiger partial charge in [0, 0.05) is 5.69 Å². The van der Waals surface area contributed by atoms with Crippen LogP contribution in [0.4, 0.5) is 5.69 Å². The van der Waals surface area contributed by atoms with Crippen molar-refractivity contribution in [1.29, 1.82) is 0 Å². The van der Waals surface area contributed by atoms with E-state index in [2.05, 4.69) is 5.32 Å². The van der Waals surface area contributed by atoms with Gasteiger partial charge in [-0.3, -0.25) is 4.79 Å². The molecule has 0 saturated carbocycles. The molecule has 2 aromatic carbocycles. The topological polar surface area (TPSA) is 92.3 Å². The normalized spacial score (nSPS) is 12.1. The lowest BCUT2D eigenvalue weighted by Crippen LogP contribution is -2.21. The molecule has 1 N–H and O–H groups in total. The summed E-state index contributed by atoms with van der Waals surface area (Å²) in [5.41, 5.74) is 0.778. The lowest BCUT2D eigenvalue weighted by Gasteiger charge is -2.21. The van der Waals surface area contributed by atoms with E-state index in [0.717, 1.165) is 0 Å². The minimum absolute atomic E-state index is 0.204. The first-order chi connectivity index (χ1) is 13.6. The molecule has 0 saturated heterocycles. The average molecular weight is 387 g/mol. The van der Waals surface area contributed by atoms with Gasteiger partial charge in [0.2, 0.25) is 5.75 Å². The van der Waals surface area contributed by atoms with Crippen LogP contribution in [0.15, 0.2) is 36.4 Å². The summed E-state index contributed by atoms with van der Waals surface area (Å²) in [6.45, 7) is 2.80. The van der Waals surface area contributed by atoms with Crippen molar-refractivity contribution in [3.8, 4) is 23.0 Å². The van der Waals surface area contributed by atoms with Crippen LogP contribution in [0.5, 0.6) is 23.0 Å². The number of hydrogen-bond donors (Lipinski definition) is 1. The molecule has 0 fully saturated rings. The van der Waals surface area contributed by atoms with Crippen LogP contribution < -0.4 is 24.3 Å². The number of methoxy groups -OCH3 is 1. The van der Waals surface area contributed by atoms with Crippen LogP contribution in [0.1, 0.15) is 17.3 Å². The van der Waals surface area contributed by atoms with Crippen LogP contribution in [0, 0.1) is 0 Å². The number of amides is 1. The molecule has 2 aromatic rings. The highest BCUT2D eigenvalue weighted by Gasteiger charge is 2.22. The molecule has 1 aliphatic rings. The molecule has 0 spiro atoms. The molecular formula is C20H21NO7. The molecule has 0 bridgehead atoms. The third-order valence-corrected chi connectivity index (χ3v) is 3.85. The fraction of sp³-hybridized carbons (Fsp3) is 0.300. The number of fused-ring (bicyclic) bond motifs is 1. The Hall–Kier alpha value is -3.42. The first kappa shape index (κ1) is 19.3. The molecule has 0 radical (unpaired) electrons. The van der Waals surface area contributed by atoms with Crippen molar-refractivity contribution in [2.24, 2.45) is 0 Å². The predicted molar refractivity (Wildman–Crippen MR) is 101 cm³/mol. The van der Waals surface area contributed by atoms with E-state index in [1.54, 1.807) is 24.3 Å². The highest BCUT2D eigenvalue weighted by atomic mass is 16.6. The number of benzene rings is 2. The summed E-state index contributed by atoms with van der Waals surface area (Å²) < 4.78 is 26.6. The second-order valence-corrected chi connectivity index (χ2v) is 5.78. The number of hydrogen-bond acceptors (Lipinski definition) is 7. The van der Waals surface area contributed by atoms with Crippen LogP contribution in [-0.2, 0) is 9.53 Å². The monoisotopic (exact) mass is 387 g/mol. The highest BCUT2D eigenvalue weighted by Crippen LogP contribution is 2.40. The number of nitrogens with one attached hydrogen (secondary N) is 1. The number of anilines is 1. The minimum atomic E-state index is -0.669. The summed E-state index contributed by atoms with van der Waals surface area (Å²) >= 11 is 0. The smallest absolute Gasteiger partial charge is 0.338 e. The number of carbonyl (C=O) groups is 2. The van der Waals surface area contributed by atoms with Gasteiger partial charge in [-0.2, -0.15) is 0 Å². The summed E-state index contributed by atoms with van der Waals surface area (Å²) in [6.07, 6.45) is 0. The molecule has 28 heavy (non-hydrogen) atoms. The Labute approximate surface area is 162 Å². The lowest BCUT2D eigenvalue weighted by atomic mass is 10.1. The second-order valence-electron chi connectivity index (χ2n) is 5.78. The zero-order valence-corrected chi connectivity index (χ0v) is 15.7. The van der Waals surface area contributed by atoms with Crippen molar-refractivity contribution in [1.82, 2.24) is 0 Å².